The number of benzene rings is 1. The van der Waals surface area contributed by atoms with Crippen LogP contribution < -0.4 is 11.2 Å². The van der Waals surface area contributed by atoms with Crippen LogP contribution in [0.1, 0.15) is 29.8 Å². The van der Waals surface area contributed by atoms with E-state index >= 15 is 0 Å². The predicted molar refractivity (Wildman–Crippen MR) is 56.7 cm³/mol. The second-order valence-corrected chi connectivity index (χ2v) is 4.15. The number of hydrogen-bond donors (Lipinski definition) is 2. The highest BCUT2D eigenvalue weighted by Crippen LogP contribution is 2.29. The first-order valence-electron chi connectivity index (χ1n) is 4.72. The summed E-state index contributed by atoms with van der Waals surface area (Å²) in [5.74, 6) is -0.505. The minimum atomic E-state index is -0.978. The Labute approximate surface area is 88.2 Å². The van der Waals surface area contributed by atoms with E-state index in [1.165, 1.54) is 0 Å². The van der Waals surface area contributed by atoms with Gasteiger partial charge in [-0.1, -0.05) is 6.07 Å². The number of amides is 1. The lowest BCUT2D eigenvalue weighted by Gasteiger charge is -2.19. The van der Waals surface area contributed by atoms with E-state index in [1.54, 1.807) is 18.2 Å². The van der Waals surface area contributed by atoms with Crippen LogP contribution in [0.3, 0.4) is 0 Å². The second kappa shape index (κ2) is 3.08. The van der Waals surface area contributed by atoms with Crippen molar-refractivity contribution in [3.05, 3.63) is 29.3 Å². The van der Waals surface area contributed by atoms with Gasteiger partial charge in [0, 0.05) is 5.56 Å². The molecule has 1 aromatic rings. The van der Waals surface area contributed by atoms with Gasteiger partial charge in [-0.25, -0.2) is 0 Å². The third-order valence-electron chi connectivity index (χ3n) is 2.66. The van der Waals surface area contributed by atoms with Crippen molar-refractivity contribution < 1.29 is 14.5 Å². The molecular weight excluding hydrogens is 193 g/mol. The summed E-state index contributed by atoms with van der Waals surface area (Å²) in [4.78, 5) is 11.0. The van der Waals surface area contributed by atoms with Crippen LogP contribution in [-0.4, -0.2) is 18.0 Å². The molecule has 78 valence electrons. The Bertz CT molecular complexity index is 431. The van der Waals surface area contributed by atoms with Crippen molar-refractivity contribution >= 4 is 18.5 Å². The summed E-state index contributed by atoms with van der Waals surface area (Å²) in [5, 5.41) is 9.65. The molecule has 0 unspecified atom stereocenters. The van der Waals surface area contributed by atoms with Gasteiger partial charge >= 0.3 is 7.12 Å². The van der Waals surface area contributed by atoms with Crippen LogP contribution in [-0.2, 0) is 10.3 Å². The monoisotopic (exact) mass is 205 g/mol. The van der Waals surface area contributed by atoms with Gasteiger partial charge in [0.2, 0.25) is 5.91 Å². The van der Waals surface area contributed by atoms with Gasteiger partial charge in [-0.3, -0.25) is 4.79 Å². The van der Waals surface area contributed by atoms with Gasteiger partial charge in [-0.05, 0) is 37.0 Å². The molecule has 1 aliphatic heterocycles. The van der Waals surface area contributed by atoms with Gasteiger partial charge in [0.1, 0.15) is 0 Å². The van der Waals surface area contributed by atoms with E-state index in [0.29, 0.717) is 11.0 Å². The highest BCUT2D eigenvalue weighted by Gasteiger charge is 2.40. The first-order valence-corrected chi connectivity index (χ1v) is 4.72. The molecule has 15 heavy (non-hydrogen) atoms. The van der Waals surface area contributed by atoms with Crippen LogP contribution in [0, 0.1) is 0 Å². The number of fused-ring (bicyclic) bond motifs is 1. The smallest absolute Gasteiger partial charge is 0.423 e. The number of carbonyl (C=O) groups is 1. The Morgan fingerprint density at radius 2 is 2.20 bits per heavy atom. The van der Waals surface area contributed by atoms with E-state index in [2.05, 4.69) is 0 Å². The number of rotatable bonds is 1. The van der Waals surface area contributed by atoms with Crippen molar-refractivity contribution in [2.45, 2.75) is 19.4 Å². The molecule has 4 nitrogen and oxygen atoms in total. The van der Waals surface area contributed by atoms with E-state index in [-0.39, 0.29) is 0 Å². The van der Waals surface area contributed by atoms with Crippen molar-refractivity contribution in [1.82, 2.24) is 0 Å². The average molecular weight is 205 g/mol. The molecule has 2 rings (SSSR count). The first kappa shape index (κ1) is 10.2. The van der Waals surface area contributed by atoms with E-state index < -0.39 is 18.6 Å². The minimum Gasteiger partial charge on any atom is -0.423 e. The third-order valence-corrected chi connectivity index (χ3v) is 2.66. The molecule has 1 aliphatic rings. The molecule has 3 N–H and O–H groups in total. The normalized spacial score (nSPS) is 17.7. The number of nitrogens with two attached hydrogens (primary N) is 1. The summed E-state index contributed by atoms with van der Waals surface area (Å²) in [6.45, 7) is 3.73. The van der Waals surface area contributed by atoms with Gasteiger partial charge in [0.05, 0.1) is 5.60 Å². The van der Waals surface area contributed by atoms with Crippen molar-refractivity contribution in [2.75, 3.05) is 0 Å². The van der Waals surface area contributed by atoms with Gasteiger partial charge in [0.25, 0.3) is 0 Å². The fraction of sp³-hybridized carbons (Fsp3) is 0.300. The molecule has 0 radical (unpaired) electrons. The zero-order valence-electron chi connectivity index (χ0n) is 8.65. The average Bonchev–Trinajstić information content (AvgIpc) is 2.37. The molecule has 0 aromatic heterocycles. The van der Waals surface area contributed by atoms with E-state index in [1.807, 2.05) is 13.8 Å². The van der Waals surface area contributed by atoms with Crippen LogP contribution in [0.25, 0.3) is 0 Å². The fourth-order valence-corrected chi connectivity index (χ4v) is 1.87. The molecule has 0 aliphatic carbocycles. The highest BCUT2D eigenvalue weighted by atomic mass is 16.5. The number of primary amides is 1. The summed E-state index contributed by atoms with van der Waals surface area (Å²) >= 11 is 0. The summed E-state index contributed by atoms with van der Waals surface area (Å²) in [6, 6.07) is 4.99. The zero-order chi connectivity index (χ0) is 11.2. The van der Waals surface area contributed by atoms with Crippen LogP contribution in [0.2, 0.25) is 0 Å². The Morgan fingerprint density at radius 3 is 2.80 bits per heavy atom. The maximum atomic E-state index is 11.0. The van der Waals surface area contributed by atoms with Gasteiger partial charge in [-0.2, -0.15) is 0 Å². The van der Waals surface area contributed by atoms with E-state index in [4.69, 9.17) is 10.4 Å². The van der Waals surface area contributed by atoms with Crippen LogP contribution in [0.4, 0.5) is 0 Å². The summed E-state index contributed by atoms with van der Waals surface area (Å²) in [5.41, 5.74) is 6.53. The summed E-state index contributed by atoms with van der Waals surface area (Å²) < 4.78 is 5.36. The molecule has 5 heteroatoms. The molecule has 0 fully saturated rings. The summed E-state index contributed by atoms with van der Waals surface area (Å²) in [6.07, 6.45) is 0. The van der Waals surface area contributed by atoms with E-state index in [9.17, 15) is 9.82 Å². The molecule has 0 saturated carbocycles. The van der Waals surface area contributed by atoms with Crippen molar-refractivity contribution in [3.8, 4) is 0 Å². The summed E-state index contributed by atoms with van der Waals surface area (Å²) in [7, 11) is -0.978. The molecule has 0 bridgehead atoms. The van der Waals surface area contributed by atoms with Gasteiger partial charge < -0.3 is 15.4 Å². The fourth-order valence-electron chi connectivity index (χ4n) is 1.87. The predicted octanol–water partition coefficient (Wildman–Crippen LogP) is -0.262. The SMILES string of the molecule is CC1(C)OB(O)c2cc(C(N)=O)ccc21. The molecule has 1 amide bonds. The van der Waals surface area contributed by atoms with Crippen molar-refractivity contribution in [3.63, 3.8) is 0 Å². The quantitative estimate of drug-likeness (QED) is 0.620. The second-order valence-electron chi connectivity index (χ2n) is 4.15. The lowest BCUT2D eigenvalue weighted by molar-refractivity contribution is 0.0992. The van der Waals surface area contributed by atoms with E-state index in [0.717, 1.165) is 5.56 Å². The molecule has 0 saturated heterocycles. The minimum absolute atomic E-state index is 0.383. The van der Waals surface area contributed by atoms with Crippen molar-refractivity contribution in [2.24, 2.45) is 5.73 Å². The molecule has 1 aromatic carbocycles. The topological polar surface area (TPSA) is 72.6 Å². The Kier molecular flexibility index (Phi) is 2.10. The first-order chi connectivity index (χ1) is 6.92. The zero-order valence-corrected chi connectivity index (χ0v) is 8.65. The van der Waals surface area contributed by atoms with Crippen LogP contribution in [0.5, 0.6) is 0 Å². The number of carbonyl (C=O) groups excluding carboxylic acids is 1. The molecular formula is C10H12BNO3. The largest absolute Gasteiger partial charge is 0.492 e. The maximum Gasteiger partial charge on any atom is 0.492 e. The van der Waals surface area contributed by atoms with Gasteiger partial charge in [0.15, 0.2) is 0 Å². The van der Waals surface area contributed by atoms with Crippen LogP contribution >= 0.6 is 0 Å². The molecule has 0 spiro atoms. The maximum absolute atomic E-state index is 11.0. The lowest BCUT2D eigenvalue weighted by atomic mass is 9.77. The Balaban J connectivity index is 2.55. The van der Waals surface area contributed by atoms with Crippen molar-refractivity contribution in [1.29, 1.82) is 0 Å². The standard InChI is InChI=1S/C10H12BNO3/c1-10(2)7-4-3-6(9(12)13)5-8(7)11(14)15-10/h3-5,14H,1-2H3,(H2,12,13). The lowest BCUT2D eigenvalue weighted by Crippen LogP contribution is -2.29. The van der Waals surface area contributed by atoms with Crippen LogP contribution in [0.15, 0.2) is 18.2 Å². The Morgan fingerprint density at radius 1 is 1.53 bits per heavy atom. The molecule has 1 heterocycles. The van der Waals surface area contributed by atoms with Gasteiger partial charge in [-0.15, -0.1) is 0 Å². The molecule has 0 atom stereocenters. The highest BCUT2D eigenvalue weighted by molar-refractivity contribution is 6.62. The third kappa shape index (κ3) is 1.54. The number of hydrogen-bond acceptors (Lipinski definition) is 3. The Hall–Kier alpha value is -1.33.